The van der Waals surface area contributed by atoms with Gasteiger partial charge >= 0.3 is 0 Å². The Morgan fingerprint density at radius 3 is 2.06 bits per heavy atom. The second-order valence-corrected chi connectivity index (χ2v) is 11.8. The van der Waals surface area contributed by atoms with E-state index in [1.54, 1.807) is 6.20 Å². The molecule has 8 aromatic rings. The SMILES string of the molecule is C=N/C(=C\C=C/C)c1cc(-c2ccccn2)cc2c1oc1cccc(-c3nc(-c4ccccc4)nc(-c4cccc(-c5ccccc5)c4)n3)c12. The number of aliphatic imine (C=N–C) groups is 1. The third kappa shape index (κ3) is 5.80. The molecule has 0 bridgehead atoms. The van der Waals surface area contributed by atoms with Gasteiger partial charge in [-0.15, -0.1) is 0 Å². The average molecular weight is 646 g/mol. The van der Waals surface area contributed by atoms with E-state index in [1.807, 2.05) is 122 Å². The number of furan rings is 1. The summed E-state index contributed by atoms with van der Waals surface area (Å²) in [7, 11) is 0. The predicted octanol–water partition coefficient (Wildman–Crippen LogP) is 11.1. The quantitative estimate of drug-likeness (QED) is 0.121. The van der Waals surface area contributed by atoms with Crippen LogP contribution in [0, 0.1) is 0 Å². The van der Waals surface area contributed by atoms with Crippen molar-refractivity contribution in [3.8, 4) is 56.5 Å². The first kappa shape index (κ1) is 30.5. The highest BCUT2D eigenvalue weighted by molar-refractivity contribution is 6.15. The van der Waals surface area contributed by atoms with E-state index in [-0.39, 0.29) is 0 Å². The molecule has 0 unspecified atom stereocenters. The Kier molecular flexibility index (Phi) is 8.17. The summed E-state index contributed by atoms with van der Waals surface area (Å²) in [4.78, 5) is 24.3. The number of hydrogen-bond acceptors (Lipinski definition) is 6. The van der Waals surface area contributed by atoms with E-state index in [0.29, 0.717) is 34.3 Å². The summed E-state index contributed by atoms with van der Waals surface area (Å²) in [5, 5.41) is 1.79. The van der Waals surface area contributed by atoms with E-state index < -0.39 is 0 Å². The minimum Gasteiger partial charge on any atom is -0.455 e. The molecule has 0 N–H and O–H groups in total. The number of aromatic nitrogens is 4. The lowest BCUT2D eigenvalue weighted by Crippen LogP contribution is -2.00. The van der Waals surface area contributed by atoms with Gasteiger partial charge in [0, 0.05) is 44.8 Å². The number of benzene rings is 5. The van der Waals surface area contributed by atoms with Crippen LogP contribution in [0.5, 0.6) is 0 Å². The van der Waals surface area contributed by atoms with Crippen LogP contribution in [-0.2, 0) is 0 Å². The van der Waals surface area contributed by atoms with E-state index >= 15 is 0 Å². The molecule has 0 amide bonds. The van der Waals surface area contributed by atoms with Gasteiger partial charge in [-0.2, -0.15) is 0 Å². The Hall–Kier alpha value is -6.79. The van der Waals surface area contributed by atoms with Crippen molar-refractivity contribution in [3.63, 3.8) is 0 Å². The van der Waals surface area contributed by atoms with Crippen molar-refractivity contribution in [3.05, 3.63) is 163 Å². The summed E-state index contributed by atoms with van der Waals surface area (Å²) in [6, 6.07) is 44.7. The molecule has 0 atom stereocenters. The zero-order chi connectivity index (χ0) is 33.9. The van der Waals surface area contributed by atoms with E-state index in [0.717, 1.165) is 55.4 Å². The molecule has 0 aliphatic rings. The highest BCUT2D eigenvalue weighted by Gasteiger charge is 2.21. The minimum absolute atomic E-state index is 0.545. The minimum atomic E-state index is 0.545. The summed E-state index contributed by atoms with van der Waals surface area (Å²) in [5.74, 6) is 1.71. The normalized spacial score (nSPS) is 11.8. The van der Waals surface area contributed by atoms with Crippen molar-refractivity contribution >= 4 is 34.4 Å². The van der Waals surface area contributed by atoms with Gasteiger partial charge in [0.1, 0.15) is 11.2 Å². The van der Waals surface area contributed by atoms with Crippen LogP contribution in [-0.4, -0.2) is 26.7 Å². The Bertz CT molecular complexity index is 2550. The monoisotopic (exact) mass is 645 g/mol. The maximum atomic E-state index is 6.65. The van der Waals surface area contributed by atoms with Gasteiger partial charge in [0.05, 0.1) is 11.4 Å². The smallest absolute Gasteiger partial charge is 0.164 e. The molecule has 3 aromatic heterocycles. The van der Waals surface area contributed by atoms with Crippen LogP contribution < -0.4 is 0 Å². The molecular weight excluding hydrogens is 615 g/mol. The molecule has 0 saturated carbocycles. The zero-order valence-electron chi connectivity index (χ0n) is 27.4. The first-order valence-electron chi connectivity index (χ1n) is 16.4. The van der Waals surface area contributed by atoms with Gasteiger partial charge in [-0.05, 0) is 67.2 Å². The maximum Gasteiger partial charge on any atom is 0.164 e. The van der Waals surface area contributed by atoms with Crippen LogP contribution in [0.25, 0.3) is 84.2 Å². The Morgan fingerprint density at radius 1 is 0.640 bits per heavy atom. The van der Waals surface area contributed by atoms with Gasteiger partial charge < -0.3 is 4.42 Å². The van der Waals surface area contributed by atoms with Crippen LogP contribution in [0.1, 0.15) is 12.5 Å². The summed E-state index contributed by atoms with van der Waals surface area (Å²) in [5.41, 5.74) is 9.52. The average Bonchev–Trinajstić information content (AvgIpc) is 3.58. The molecule has 238 valence electrons. The molecule has 0 aliphatic carbocycles. The van der Waals surface area contributed by atoms with Crippen molar-refractivity contribution in [2.24, 2.45) is 4.99 Å². The van der Waals surface area contributed by atoms with Gasteiger partial charge in [-0.3, -0.25) is 9.98 Å². The fourth-order valence-corrected chi connectivity index (χ4v) is 6.21. The second kappa shape index (κ2) is 13.4. The van der Waals surface area contributed by atoms with Gasteiger partial charge in [0.25, 0.3) is 0 Å². The van der Waals surface area contributed by atoms with Crippen LogP contribution in [0.4, 0.5) is 0 Å². The van der Waals surface area contributed by atoms with Crippen LogP contribution in [0.3, 0.4) is 0 Å². The Balaban J connectivity index is 1.40. The molecule has 0 aliphatic heterocycles. The third-order valence-corrected chi connectivity index (χ3v) is 8.59. The topological polar surface area (TPSA) is 77.1 Å². The fraction of sp³-hybridized carbons (Fsp3) is 0.0227. The molecule has 5 aromatic carbocycles. The van der Waals surface area contributed by atoms with Crippen molar-refractivity contribution in [2.45, 2.75) is 6.92 Å². The molecule has 0 spiro atoms. The second-order valence-electron chi connectivity index (χ2n) is 11.8. The molecule has 0 fully saturated rings. The zero-order valence-corrected chi connectivity index (χ0v) is 27.4. The first-order chi connectivity index (χ1) is 24.7. The molecule has 6 nitrogen and oxygen atoms in total. The molecular formula is C44H31N5O. The number of allylic oxidation sites excluding steroid dienone is 3. The van der Waals surface area contributed by atoms with E-state index in [1.165, 1.54) is 0 Å². The third-order valence-electron chi connectivity index (χ3n) is 8.59. The van der Waals surface area contributed by atoms with Gasteiger partial charge in [-0.1, -0.05) is 109 Å². The van der Waals surface area contributed by atoms with Crippen molar-refractivity contribution in [1.29, 1.82) is 0 Å². The molecule has 0 radical (unpaired) electrons. The highest BCUT2D eigenvalue weighted by atomic mass is 16.3. The molecule has 6 heteroatoms. The summed E-state index contributed by atoms with van der Waals surface area (Å²) >= 11 is 0. The Labute approximate surface area is 289 Å². The largest absolute Gasteiger partial charge is 0.455 e. The lowest BCUT2D eigenvalue weighted by atomic mass is 9.98. The summed E-state index contributed by atoms with van der Waals surface area (Å²) in [6.45, 7) is 5.85. The van der Waals surface area contributed by atoms with E-state index in [2.05, 4.69) is 53.1 Å². The molecule has 0 saturated heterocycles. The van der Waals surface area contributed by atoms with E-state index in [9.17, 15) is 0 Å². The van der Waals surface area contributed by atoms with Crippen LogP contribution >= 0.6 is 0 Å². The number of pyridine rings is 1. The lowest BCUT2D eigenvalue weighted by Gasteiger charge is -2.11. The van der Waals surface area contributed by atoms with Crippen molar-refractivity contribution in [2.75, 3.05) is 0 Å². The molecule has 8 rings (SSSR count). The molecule has 50 heavy (non-hydrogen) atoms. The van der Waals surface area contributed by atoms with Gasteiger partial charge in [0.15, 0.2) is 17.5 Å². The standard InChI is InChI=1S/C44H31N5O/c1-3-4-22-38(45-2)35-27-33(37-23-11-12-25-46-37)28-36-40-34(21-14-24-39(40)50-41(35)36)44-48-42(30-17-9-6-10-18-30)47-43(49-44)32-20-13-19-31(26-32)29-15-7-5-8-16-29/h3-28H,2H2,1H3/b4-3-,38-22-. The summed E-state index contributed by atoms with van der Waals surface area (Å²) < 4.78 is 6.65. The predicted molar refractivity (Wildman–Crippen MR) is 204 cm³/mol. The Morgan fingerprint density at radius 2 is 1.32 bits per heavy atom. The highest BCUT2D eigenvalue weighted by Crippen LogP contribution is 2.41. The van der Waals surface area contributed by atoms with Crippen molar-refractivity contribution < 1.29 is 4.42 Å². The number of hydrogen-bond donors (Lipinski definition) is 0. The van der Waals surface area contributed by atoms with Gasteiger partial charge in [0.2, 0.25) is 0 Å². The number of nitrogens with zero attached hydrogens (tertiary/aromatic N) is 5. The van der Waals surface area contributed by atoms with Crippen LogP contribution in [0.15, 0.2) is 167 Å². The summed E-state index contributed by atoms with van der Waals surface area (Å²) in [6.07, 6.45) is 7.64. The fourth-order valence-electron chi connectivity index (χ4n) is 6.21. The lowest BCUT2D eigenvalue weighted by molar-refractivity contribution is 0.667. The van der Waals surface area contributed by atoms with Crippen molar-refractivity contribution in [1.82, 2.24) is 19.9 Å². The number of fused-ring (bicyclic) bond motifs is 3. The van der Waals surface area contributed by atoms with Gasteiger partial charge in [-0.25, -0.2) is 15.0 Å². The molecule has 3 heterocycles. The number of rotatable bonds is 8. The first-order valence-corrected chi connectivity index (χ1v) is 16.4. The maximum absolute atomic E-state index is 6.65. The van der Waals surface area contributed by atoms with Crippen LogP contribution in [0.2, 0.25) is 0 Å². The van der Waals surface area contributed by atoms with E-state index in [4.69, 9.17) is 19.4 Å².